The maximum absolute atomic E-state index is 5.88. The molecule has 0 radical (unpaired) electrons. The van der Waals surface area contributed by atoms with Crippen LogP contribution in [0.1, 0.15) is 12.8 Å². The summed E-state index contributed by atoms with van der Waals surface area (Å²) in [5.41, 5.74) is 2.13. The first kappa shape index (κ1) is 12.2. The van der Waals surface area contributed by atoms with Crippen LogP contribution < -0.4 is 10.1 Å². The Hall–Kier alpha value is -1.88. The summed E-state index contributed by atoms with van der Waals surface area (Å²) >= 11 is 0. The van der Waals surface area contributed by atoms with E-state index in [1.165, 1.54) is 0 Å². The molecule has 1 aliphatic heterocycles. The van der Waals surface area contributed by atoms with Crippen LogP contribution in [0.15, 0.2) is 30.7 Å². The van der Waals surface area contributed by atoms with E-state index in [4.69, 9.17) is 4.74 Å². The molecule has 3 heterocycles. The van der Waals surface area contributed by atoms with Crippen LogP contribution in [0.3, 0.4) is 0 Å². The first-order valence-electron chi connectivity index (χ1n) is 6.64. The smallest absolute Gasteiger partial charge is 0.213 e. The number of rotatable bonds is 3. The van der Waals surface area contributed by atoms with Crippen molar-refractivity contribution in [1.29, 1.82) is 0 Å². The number of hydrogen-bond acceptors (Lipinski definition) is 4. The van der Waals surface area contributed by atoms with E-state index in [0.717, 1.165) is 37.1 Å². The molecule has 5 nitrogen and oxygen atoms in total. The Kier molecular flexibility index (Phi) is 3.46. The fraction of sp³-hybridized carbons (Fsp3) is 0.429. The van der Waals surface area contributed by atoms with E-state index in [1.54, 1.807) is 4.68 Å². The summed E-state index contributed by atoms with van der Waals surface area (Å²) in [5.74, 6) is 0.708. The molecular weight excluding hydrogens is 240 g/mol. The van der Waals surface area contributed by atoms with Crippen LogP contribution in [-0.2, 0) is 7.05 Å². The molecule has 1 aliphatic rings. The summed E-state index contributed by atoms with van der Waals surface area (Å²) in [6.45, 7) is 2.05. The number of nitrogens with zero attached hydrogens (tertiary/aromatic N) is 3. The van der Waals surface area contributed by atoms with Gasteiger partial charge in [-0.25, -0.2) is 4.98 Å². The van der Waals surface area contributed by atoms with Crippen LogP contribution in [0.2, 0.25) is 0 Å². The van der Waals surface area contributed by atoms with Gasteiger partial charge in [0, 0.05) is 36.6 Å². The highest BCUT2D eigenvalue weighted by molar-refractivity contribution is 5.60. The summed E-state index contributed by atoms with van der Waals surface area (Å²) in [6, 6.07) is 3.96. The third kappa shape index (κ3) is 2.93. The molecule has 0 amide bonds. The average molecular weight is 258 g/mol. The van der Waals surface area contributed by atoms with Gasteiger partial charge in [0.15, 0.2) is 0 Å². The molecule has 2 aromatic rings. The lowest BCUT2D eigenvalue weighted by Gasteiger charge is -2.23. The van der Waals surface area contributed by atoms with Crippen LogP contribution in [-0.4, -0.2) is 34.0 Å². The Balaban J connectivity index is 1.68. The largest absolute Gasteiger partial charge is 0.474 e. The molecule has 0 saturated carbocycles. The van der Waals surface area contributed by atoms with Gasteiger partial charge < -0.3 is 10.1 Å². The number of nitrogens with one attached hydrogen (secondary N) is 1. The summed E-state index contributed by atoms with van der Waals surface area (Å²) in [6.07, 6.45) is 8.04. The molecule has 0 spiro atoms. The number of aryl methyl sites for hydroxylation is 1. The Morgan fingerprint density at radius 1 is 1.21 bits per heavy atom. The van der Waals surface area contributed by atoms with Gasteiger partial charge in [0.2, 0.25) is 5.88 Å². The standard InChI is InChI=1S/C14H18N4O/c1-18-10-12(9-17-18)11-2-3-14(16-8-11)19-13-4-6-15-7-5-13/h2-3,8-10,13,15H,4-7H2,1H3. The van der Waals surface area contributed by atoms with Crippen molar-refractivity contribution in [2.45, 2.75) is 18.9 Å². The quantitative estimate of drug-likeness (QED) is 0.909. The van der Waals surface area contributed by atoms with Crippen LogP contribution >= 0.6 is 0 Å². The van der Waals surface area contributed by atoms with Crippen molar-refractivity contribution in [3.63, 3.8) is 0 Å². The average Bonchev–Trinajstić information content (AvgIpc) is 2.87. The second kappa shape index (κ2) is 5.40. The highest BCUT2D eigenvalue weighted by atomic mass is 16.5. The molecule has 0 atom stereocenters. The molecular formula is C14H18N4O. The topological polar surface area (TPSA) is 52.0 Å². The predicted molar refractivity (Wildman–Crippen MR) is 73.0 cm³/mol. The zero-order chi connectivity index (χ0) is 13.1. The Labute approximate surface area is 112 Å². The zero-order valence-corrected chi connectivity index (χ0v) is 11.0. The lowest BCUT2D eigenvalue weighted by molar-refractivity contribution is 0.156. The van der Waals surface area contributed by atoms with Crippen molar-refractivity contribution in [3.05, 3.63) is 30.7 Å². The van der Waals surface area contributed by atoms with Crippen molar-refractivity contribution in [1.82, 2.24) is 20.1 Å². The van der Waals surface area contributed by atoms with Gasteiger partial charge in [0.1, 0.15) is 6.10 Å². The van der Waals surface area contributed by atoms with E-state index in [-0.39, 0.29) is 6.10 Å². The SMILES string of the molecule is Cn1cc(-c2ccc(OC3CCNCC3)nc2)cn1. The van der Waals surface area contributed by atoms with E-state index < -0.39 is 0 Å². The van der Waals surface area contributed by atoms with Gasteiger partial charge in [-0.3, -0.25) is 4.68 Å². The molecule has 2 aromatic heterocycles. The second-order valence-corrected chi connectivity index (χ2v) is 4.86. The molecule has 19 heavy (non-hydrogen) atoms. The van der Waals surface area contributed by atoms with E-state index in [2.05, 4.69) is 15.4 Å². The molecule has 1 saturated heterocycles. The molecule has 0 aliphatic carbocycles. The molecule has 1 fully saturated rings. The lowest BCUT2D eigenvalue weighted by atomic mass is 10.1. The van der Waals surface area contributed by atoms with Crippen molar-refractivity contribution in [2.75, 3.05) is 13.1 Å². The van der Waals surface area contributed by atoms with Crippen molar-refractivity contribution in [3.8, 4) is 17.0 Å². The molecule has 1 N–H and O–H groups in total. The first-order valence-corrected chi connectivity index (χ1v) is 6.64. The Morgan fingerprint density at radius 2 is 2.05 bits per heavy atom. The Bertz CT molecular complexity index is 529. The minimum atomic E-state index is 0.290. The lowest BCUT2D eigenvalue weighted by Crippen LogP contribution is -2.34. The second-order valence-electron chi connectivity index (χ2n) is 4.86. The Morgan fingerprint density at radius 3 is 2.68 bits per heavy atom. The number of piperidine rings is 1. The minimum absolute atomic E-state index is 0.290. The number of ether oxygens (including phenoxy) is 1. The van der Waals surface area contributed by atoms with Gasteiger partial charge in [-0.05, 0) is 32.0 Å². The van der Waals surface area contributed by atoms with Crippen molar-refractivity contribution >= 4 is 0 Å². The summed E-state index contributed by atoms with van der Waals surface area (Å²) in [4.78, 5) is 4.38. The van der Waals surface area contributed by atoms with E-state index in [1.807, 2.05) is 37.8 Å². The third-order valence-corrected chi connectivity index (χ3v) is 3.35. The fourth-order valence-electron chi connectivity index (χ4n) is 2.28. The van der Waals surface area contributed by atoms with Gasteiger partial charge in [-0.1, -0.05) is 0 Å². The normalized spacial score (nSPS) is 16.5. The van der Waals surface area contributed by atoms with E-state index in [9.17, 15) is 0 Å². The summed E-state index contributed by atoms with van der Waals surface area (Å²) < 4.78 is 7.67. The number of pyridine rings is 1. The van der Waals surface area contributed by atoms with Gasteiger partial charge in [-0.2, -0.15) is 5.10 Å². The maximum Gasteiger partial charge on any atom is 0.213 e. The van der Waals surface area contributed by atoms with Crippen molar-refractivity contribution < 1.29 is 4.74 Å². The van der Waals surface area contributed by atoms with Crippen LogP contribution in [0.4, 0.5) is 0 Å². The highest BCUT2D eigenvalue weighted by Gasteiger charge is 2.14. The molecule has 3 rings (SSSR count). The summed E-state index contributed by atoms with van der Waals surface area (Å²) in [5, 5.41) is 7.48. The van der Waals surface area contributed by atoms with Gasteiger partial charge in [0.25, 0.3) is 0 Å². The minimum Gasteiger partial charge on any atom is -0.474 e. The predicted octanol–water partition coefficient (Wildman–Crippen LogP) is 1.61. The maximum atomic E-state index is 5.88. The fourth-order valence-corrected chi connectivity index (χ4v) is 2.28. The van der Waals surface area contributed by atoms with Gasteiger partial charge in [0.05, 0.1) is 6.20 Å². The zero-order valence-electron chi connectivity index (χ0n) is 11.0. The number of aromatic nitrogens is 3. The molecule has 0 bridgehead atoms. The first-order chi connectivity index (χ1) is 9.31. The van der Waals surface area contributed by atoms with Crippen LogP contribution in [0, 0.1) is 0 Å². The van der Waals surface area contributed by atoms with Crippen LogP contribution in [0.25, 0.3) is 11.1 Å². The van der Waals surface area contributed by atoms with E-state index in [0.29, 0.717) is 5.88 Å². The van der Waals surface area contributed by atoms with Crippen LogP contribution in [0.5, 0.6) is 5.88 Å². The van der Waals surface area contributed by atoms with Gasteiger partial charge >= 0.3 is 0 Å². The summed E-state index contributed by atoms with van der Waals surface area (Å²) in [7, 11) is 1.91. The third-order valence-electron chi connectivity index (χ3n) is 3.35. The van der Waals surface area contributed by atoms with E-state index >= 15 is 0 Å². The molecule has 5 heteroatoms. The molecule has 100 valence electrons. The van der Waals surface area contributed by atoms with Gasteiger partial charge in [-0.15, -0.1) is 0 Å². The highest BCUT2D eigenvalue weighted by Crippen LogP contribution is 2.20. The van der Waals surface area contributed by atoms with Crippen molar-refractivity contribution in [2.24, 2.45) is 7.05 Å². The monoisotopic (exact) mass is 258 g/mol. The molecule has 0 aromatic carbocycles. The molecule has 0 unspecified atom stereocenters. The number of hydrogen-bond donors (Lipinski definition) is 1.